The van der Waals surface area contributed by atoms with Crippen LogP contribution in [0.15, 0.2) is 43.0 Å². The average Bonchev–Trinajstić information content (AvgIpc) is 2.45. The molecule has 0 N–H and O–H groups in total. The molecule has 1 aromatic rings. The Kier molecular flexibility index (Phi) is 5.05. The highest BCUT2D eigenvalue weighted by Crippen LogP contribution is 2.26. The average molecular weight is 240 g/mol. The Balaban J connectivity index is 2.01. The maximum Gasteiger partial charge on any atom is 0.0716 e. The van der Waals surface area contributed by atoms with E-state index in [2.05, 4.69) is 30.6 Å². The fraction of sp³-hybridized carbons (Fsp3) is 0.412. The standard InChI is InChI=1S/C17H20O/c1-2-14-18-17-11-7-6-10-16(17)13-12-15-8-4-3-5-9-15/h2-5,8-9,16-17H,1,6-7,10-11,14H2/t16-,17+/m1/s1. The fourth-order valence-electron chi connectivity index (χ4n) is 2.35. The van der Waals surface area contributed by atoms with Crippen LogP contribution in [0.25, 0.3) is 0 Å². The third-order valence-electron chi connectivity index (χ3n) is 3.31. The van der Waals surface area contributed by atoms with Gasteiger partial charge in [-0.1, -0.05) is 49.0 Å². The van der Waals surface area contributed by atoms with Gasteiger partial charge in [0.15, 0.2) is 0 Å². The van der Waals surface area contributed by atoms with E-state index in [1.807, 2.05) is 24.3 Å². The largest absolute Gasteiger partial charge is 0.373 e. The summed E-state index contributed by atoms with van der Waals surface area (Å²) in [5, 5.41) is 0. The molecule has 1 aromatic carbocycles. The van der Waals surface area contributed by atoms with Gasteiger partial charge in [0.05, 0.1) is 12.7 Å². The van der Waals surface area contributed by atoms with E-state index in [-0.39, 0.29) is 6.10 Å². The van der Waals surface area contributed by atoms with Crippen LogP contribution in [0, 0.1) is 17.8 Å². The molecule has 0 aliphatic heterocycles. The normalized spacial score (nSPS) is 22.9. The summed E-state index contributed by atoms with van der Waals surface area (Å²) in [7, 11) is 0. The van der Waals surface area contributed by atoms with Crippen molar-refractivity contribution in [3.63, 3.8) is 0 Å². The van der Waals surface area contributed by atoms with Gasteiger partial charge < -0.3 is 4.74 Å². The summed E-state index contributed by atoms with van der Waals surface area (Å²) in [4.78, 5) is 0. The number of ether oxygens (including phenoxy) is 1. The first-order chi connectivity index (χ1) is 8.90. The number of rotatable bonds is 3. The Labute approximate surface area is 110 Å². The molecular formula is C17H20O. The lowest BCUT2D eigenvalue weighted by Crippen LogP contribution is -2.26. The summed E-state index contributed by atoms with van der Waals surface area (Å²) < 4.78 is 5.81. The van der Waals surface area contributed by atoms with E-state index in [1.54, 1.807) is 0 Å². The van der Waals surface area contributed by atoms with Crippen LogP contribution in [0.4, 0.5) is 0 Å². The lowest BCUT2D eigenvalue weighted by atomic mass is 9.86. The molecule has 0 saturated heterocycles. The zero-order chi connectivity index (χ0) is 12.6. The Morgan fingerprint density at radius 1 is 1.22 bits per heavy atom. The molecule has 0 heterocycles. The van der Waals surface area contributed by atoms with Gasteiger partial charge in [-0.05, 0) is 25.0 Å². The van der Waals surface area contributed by atoms with Crippen molar-refractivity contribution in [1.82, 2.24) is 0 Å². The third-order valence-corrected chi connectivity index (χ3v) is 3.31. The minimum Gasteiger partial charge on any atom is -0.373 e. The van der Waals surface area contributed by atoms with Crippen molar-refractivity contribution < 1.29 is 4.74 Å². The Morgan fingerprint density at radius 3 is 2.78 bits per heavy atom. The van der Waals surface area contributed by atoms with E-state index >= 15 is 0 Å². The van der Waals surface area contributed by atoms with Gasteiger partial charge in [-0.15, -0.1) is 6.58 Å². The molecule has 1 fully saturated rings. The second-order valence-electron chi connectivity index (χ2n) is 4.69. The molecule has 0 unspecified atom stereocenters. The van der Waals surface area contributed by atoms with Gasteiger partial charge in [-0.3, -0.25) is 0 Å². The number of hydrogen-bond donors (Lipinski definition) is 0. The summed E-state index contributed by atoms with van der Waals surface area (Å²) in [5.41, 5.74) is 1.09. The Morgan fingerprint density at radius 2 is 2.00 bits per heavy atom. The molecule has 1 aliphatic rings. The first-order valence-corrected chi connectivity index (χ1v) is 6.69. The number of benzene rings is 1. The van der Waals surface area contributed by atoms with E-state index in [0.717, 1.165) is 18.4 Å². The van der Waals surface area contributed by atoms with E-state index in [9.17, 15) is 0 Å². The van der Waals surface area contributed by atoms with Crippen LogP contribution in [0.5, 0.6) is 0 Å². The second-order valence-corrected chi connectivity index (χ2v) is 4.69. The van der Waals surface area contributed by atoms with Gasteiger partial charge in [0, 0.05) is 11.5 Å². The molecule has 1 nitrogen and oxygen atoms in total. The summed E-state index contributed by atoms with van der Waals surface area (Å²) in [6.45, 7) is 4.34. The molecule has 18 heavy (non-hydrogen) atoms. The maximum absolute atomic E-state index is 5.81. The smallest absolute Gasteiger partial charge is 0.0716 e. The molecule has 1 heteroatoms. The lowest BCUT2D eigenvalue weighted by molar-refractivity contribution is 0.0229. The summed E-state index contributed by atoms with van der Waals surface area (Å²) in [5.74, 6) is 7.03. The Hall–Kier alpha value is -1.52. The van der Waals surface area contributed by atoms with E-state index in [0.29, 0.717) is 12.5 Å². The highest BCUT2D eigenvalue weighted by Gasteiger charge is 2.23. The molecule has 0 spiro atoms. The maximum atomic E-state index is 5.81. The zero-order valence-corrected chi connectivity index (χ0v) is 10.8. The van der Waals surface area contributed by atoms with E-state index < -0.39 is 0 Å². The topological polar surface area (TPSA) is 9.23 Å². The first kappa shape index (κ1) is 12.9. The van der Waals surface area contributed by atoms with Gasteiger partial charge in [0.2, 0.25) is 0 Å². The first-order valence-electron chi connectivity index (χ1n) is 6.69. The molecule has 2 rings (SSSR count). The highest BCUT2D eigenvalue weighted by atomic mass is 16.5. The number of hydrogen-bond acceptors (Lipinski definition) is 1. The van der Waals surface area contributed by atoms with Crippen molar-refractivity contribution in [2.75, 3.05) is 6.61 Å². The molecule has 0 amide bonds. The second kappa shape index (κ2) is 7.03. The van der Waals surface area contributed by atoms with Crippen LogP contribution in [-0.4, -0.2) is 12.7 Å². The summed E-state index contributed by atoms with van der Waals surface area (Å²) in [6, 6.07) is 10.2. The summed E-state index contributed by atoms with van der Waals surface area (Å²) >= 11 is 0. The molecule has 0 radical (unpaired) electrons. The van der Waals surface area contributed by atoms with Gasteiger partial charge in [-0.2, -0.15) is 0 Å². The van der Waals surface area contributed by atoms with Crippen LogP contribution in [-0.2, 0) is 4.74 Å². The van der Waals surface area contributed by atoms with E-state index in [1.165, 1.54) is 12.8 Å². The molecule has 2 atom stereocenters. The monoisotopic (exact) mass is 240 g/mol. The van der Waals surface area contributed by atoms with Gasteiger partial charge in [0.25, 0.3) is 0 Å². The molecule has 1 aliphatic carbocycles. The van der Waals surface area contributed by atoms with Crippen molar-refractivity contribution in [2.45, 2.75) is 31.8 Å². The van der Waals surface area contributed by atoms with Gasteiger partial charge >= 0.3 is 0 Å². The summed E-state index contributed by atoms with van der Waals surface area (Å²) in [6.07, 6.45) is 6.90. The SMILES string of the molecule is C=CCO[C@H]1CCCC[C@@H]1C#Cc1ccccc1. The molecule has 94 valence electrons. The van der Waals surface area contributed by atoms with Crippen molar-refractivity contribution in [3.8, 4) is 11.8 Å². The molecule has 1 saturated carbocycles. The van der Waals surface area contributed by atoms with Crippen molar-refractivity contribution in [1.29, 1.82) is 0 Å². The van der Waals surface area contributed by atoms with Crippen LogP contribution >= 0.6 is 0 Å². The molecular weight excluding hydrogens is 220 g/mol. The van der Waals surface area contributed by atoms with Crippen LogP contribution in [0.3, 0.4) is 0 Å². The quantitative estimate of drug-likeness (QED) is 0.577. The Bertz CT molecular complexity index is 424. The minimum atomic E-state index is 0.285. The fourth-order valence-corrected chi connectivity index (χ4v) is 2.35. The van der Waals surface area contributed by atoms with Crippen LogP contribution in [0.2, 0.25) is 0 Å². The lowest BCUT2D eigenvalue weighted by Gasteiger charge is -2.27. The molecule has 0 aromatic heterocycles. The molecule has 0 bridgehead atoms. The van der Waals surface area contributed by atoms with Crippen LogP contribution < -0.4 is 0 Å². The minimum absolute atomic E-state index is 0.285. The van der Waals surface area contributed by atoms with Gasteiger partial charge in [-0.25, -0.2) is 0 Å². The zero-order valence-electron chi connectivity index (χ0n) is 10.8. The van der Waals surface area contributed by atoms with Crippen LogP contribution in [0.1, 0.15) is 31.2 Å². The van der Waals surface area contributed by atoms with E-state index in [4.69, 9.17) is 4.74 Å². The highest BCUT2D eigenvalue weighted by molar-refractivity contribution is 5.34. The van der Waals surface area contributed by atoms with Crippen molar-refractivity contribution in [2.24, 2.45) is 5.92 Å². The predicted molar refractivity (Wildman–Crippen MR) is 75.2 cm³/mol. The predicted octanol–water partition coefficient (Wildman–Crippen LogP) is 3.80. The van der Waals surface area contributed by atoms with Crippen molar-refractivity contribution >= 4 is 0 Å². The third kappa shape index (κ3) is 3.75. The van der Waals surface area contributed by atoms with Crippen molar-refractivity contribution in [3.05, 3.63) is 48.6 Å². The van der Waals surface area contributed by atoms with Gasteiger partial charge in [0.1, 0.15) is 0 Å².